The molecule has 1 saturated carbocycles. The highest BCUT2D eigenvalue weighted by atomic mass is 35.5. The van der Waals surface area contributed by atoms with Crippen LogP contribution in [0.25, 0.3) is 6.08 Å². The van der Waals surface area contributed by atoms with Crippen LogP contribution in [0.2, 0.25) is 5.02 Å². The quantitative estimate of drug-likeness (QED) is 0.768. The summed E-state index contributed by atoms with van der Waals surface area (Å²) in [5.74, 6) is 0. The smallest absolute Gasteiger partial charge is 0.0411 e. The van der Waals surface area contributed by atoms with Gasteiger partial charge in [-0.2, -0.15) is 0 Å². The lowest BCUT2D eigenvalue weighted by atomic mass is 10.1. The zero-order chi connectivity index (χ0) is 9.31. The number of benzene rings is 1. The van der Waals surface area contributed by atoms with Crippen molar-refractivity contribution in [3.05, 3.63) is 40.9 Å². The van der Waals surface area contributed by atoms with Crippen LogP contribution in [-0.4, -0.2) is 5.54 Å². The molecule has 0 unspecified atom stereocenters. The van der Waals surface area contributed by atoms with Crippen molar-refractivity contribution in [3.8, 4) is 0 Å². The fourth-order valence-corrected chi connectivity index (χ4v) is 1.38. The Hall–Kier alpha value is -0.790. The van der Waals surface area contributed by atoms with Gasteiger partial charge in [0.2, 0.25) is 0 Å². The molecule has 2 N–H and O–H groups in total. The predicted octanol–water partition coefficient (Wildman–Crippen LogP) is 2.84. The van der Waals surface area contributed by atoms with Crippen molar-refractivity contribution < 1.29 is 0 Å². The van der Waals surface area contributed by atoms with Gasteiger partial charge >= 0.3 is 0 Å². The van der Waals surface area contributed by atoms with Gasteiger partial charge < -0.3 is 5.73 Å². The summed E-state index contributed by atoms with van der Waals surface area (Å²) in [5, 5.41) is 0.768. The summed E-state index contributed by atoms with van der Waals surface area (Å²) in [6, 6.07) is 7.77. The molecule has 1 nitrogen and oxygen atoms in total. The maximum absolute atomic E-state index is 5.91. The van der Waals surface area contributed by atoms with E-state index in [9.17, 15) is 0 Å². The van der Waals surface area contributed by atoms with Crippen molar-refractivity contribution in [2.45, 2.75) is 18.4 Å². The van der Waals surface area contributed by atoms with Gasteiger partial charge in [0.1, 0.15) is 0 Å². The minimum atomic E-state index is -0.0255. The first-order chi connectivity index (χ1) is 6.18. The van der Waals surface area contributed by atoms with Crippen LogP contribution in [0.4, 0.5) is 0 Å². The Kier molecular flexibility index (Phi) is 2.14. The van der Waals surface area contributed by atoms with Crippen LogP contribution in [0.1, 0.15) is 18.4 Å². The van der Waals surface area contributed by atoms with Crippen LogP contribution in [0.3, 0.4) is 0 Å². The molecule has 1 fully saturated rings. The van der Waals surface area contributed by atoms with Gasteiger partial charge in [-0.25, -0.2) is 0 Å². The summed E-state index contributed by atoms with van der Waals surface area (Å²) in [7, 11) is 0. The first-order valence-electron chi connectivity index (χ1n) is 4.42. The molecule has 1 aromatic rings. The van der Waals surface area contributed by atoms with Crippen molar-refractivity contribution in [2.75, 3.05) is 0 Å². The summed E-state index contributed by atoms with van der Waals surface area (Å²) in [6.07, 6.45) is 6.31. The van der Waals surface area contributed by atoms with Crippen molar-refractivity contribution in [3.63, 3.8) is 0 Å². The fraction of sp³-hybridized carbons (Fsp3) is 0.273. The number of halogens is 1. The fourth-order valence-electron chi connectivity index (χ4n) is 1.18. The van der Waals surface area contributed by atoms with Crippen molar-refractivity contribution in [2.24, 2.45) is 5.73 Å². The second-order valence-electron chi connectivity index (χ2n) is 3.62. The average Bonchev–Trinajstić information content (AvgIpc) is 2.82. The highest BCUT2D eigenvalue weighted by molar-refractivity contribution is 6.30. The Labute approximate surface area is 83.2 Å². The van der Waals surface area contributed by atoms with Gasteiger partial charge in [0.05, 0.1) is 0 Å². The van der Waals surface area contributed by atoms with E-state index in [0.717, 1.165) is 23.4 Å². The lowest BCUT2D eigenvalue weighted by Gasteiger charge is -1.99. The van der Waals surface area contributed by atoms with E-state index >= 15 is 0 Å². The average molecular weight is 194 g/mol. The third kappa shape index (κ3) is 2.33. The van der Waals surface area contributed by atoms with Crippen molar-refractivity contribution in [1.82, 2.24) is 0 Å². The lowest BCUT2D eigenvalue weighted by Crippen LogP contribution is -2.17. The van der Waals surface area contributed by atoms with Crippen LogP contribution in [0, 0.1) is 0 Å². The molecule has 0 heterocycles. The highest BCUT2D eigenvalue weighted by Crippen LogP contribution is 2.34. The normalized spacial score (nSPS) is 19.2. The van der Waals surface area contributed by atoms with Crippen LogP contribution < -0.4 is 5.73 Å². The lowest BCUT2D eigenvalue weighted by molar-refractivity contribution is 0.860. The molecule has 0 radical (unpaired) electrons. The van der Waals surface area contributed by atoms with Crippen LogP contribution in [0.5, 0.6) is 0 Å². The molecular weight excluding hydrogens is 182 g/mol. The predicted molar refractivity (Wildman–Crippen MR) is 56.6 cm³/mol. The number of rotatable bonds is 2. The Morgan fingerprint density at radius 2 is 2.15 bits per heavy atom. The Morgan fingerprint density at radius 1 is 1.38 bits per heavy atom. The maximum atomic E-state index is 5.91. The summed E-state index contributed by atoms with van der Waals surface area (Å²) < 4.78 is 0. The van der Waals surface area contributed by atoms with E-state index in [1.165, 1.54) is 0 Å². The monoisotopic (exact) mass is 193 g/mol. The van der Waals surface area contributed by atoms with Crippen LogP contribution in [0.15, 0.2) is 30.3 Å². The van der Waals surface area contributed by atoms with Gasteiger partial charge in [-0.1, -0.05) is 35.9 Å². The van der Waals surface area contributed by atoms with E-state index in [4.69, 9.17) is 17.3 Å². The first kappa shape index (κ1) is 8.79. The third-order valence-corrected chi connectivity index (χ3v) is 2.52. The molecule has 0 bridgehead atoms. The summed E-state index contributed by atoms with van der Waals surface area (Å²) in [4.78, 5) is 0. The van der Waals surface area contributed by atoms with Gasteiger partial charge in [0.25, 0.3) is 0 Å². The highest BCUT2D eigenvalue weighted by Gasteiger charge is 2.34. The number of nitrogens with two attached hydrogens (primary N) is 1. The number of hydrogen-bond acceptors (Lipinski definition) is 1. The standard InChI is InChI=1S/C11H12ClN/c12-10-3-1-2-9(8-10)4-5-11(13)6-7-11/h1-5,8H,6-7,13H2/b5-4+. The zero-order valence-electron chi connectivity index (χ0n) is 7.33. The minimum Gasteiger partial charge on any atom is -0.322 e. The molecule has 0 amide bonds. The molecular formula is C11H12ClN. The van der Waals surface area contributed by atoms with E-state index in [2.05, 4.69) is 6.08 Å². The molecule has 0 aromatic heterocycles. The summed E-state index contributed by atoms with van der Waals surface area (Å²) in [5.41, 5.74) is 7.00. The molecule has 1 aromatic carbocycles. The molecule has 2 rings (SSSR count). The SMILES string of the molecule is NC1(/C=C/c2cccc(Cl)c2)CC1. The minimum absolute atomic E-state index is 0.0255. The molecule has 2 heteroatoms. The summed E-state index contributed by atoms with van der Waals surface area (Å²) in [6.45, 7) is 0. The number of hydrogen-bond donors (Lipinski definition) is 1. The molecule has 0 atom stereocenters. The third-order valence-electron chi connectivity index (χ3n) is 2.28. The van der Waals surface area contributed by atoms with E-state index in [0.29, 0.717) is 0 Å². The van der Waals surface area contributed by atoms with E-state index < -0.39 is 0 Å². The largest absolute Gasteiger partial charge is 0.322 e. The molecule has 0 saturated heterocycles. The van der Waals surface area contributed by atoms with Gasteiger partial charge in [0, 0.05) is 10.6 Å². The molecule has 0 spiro atoms. The first-order valence-corrected chi connectivity index (χ1v) is 4.79. The molecule has 1 aliphatic rings. The van der Waals surface area contributed by atoms with Gasteiger partial charge in [-0.15, -0.1) is 0 Å². The molecule has 1 aliphatic carbocycles. The van der Waals surface area contributed by atoms with Crippen molar-refractivity contribution in [1.29, 1.82) is 0 Å². The maximum Gasteiger partial charge on any atom is 0.0411 e. The van der Waals surface area contributed by atoms with Crippen LogP contribution >= 0.6 is 11.6 Å². The van der Waals surface area contributed by atoms with Crippen molar-refractivity contribution >= 4 is 17.7 Å². The zero-order valence-corrected chi connectivity index (χ0v) is 8.09. The van der Waals surface area contributed by atoms with Gasteiger partial charge in [0.15, 0.2) is 0 Å². The Bertz CT molecular complexity index is 340. The Morgan fingerprint density at radius 3 is 2.77 bits per heavy atom. The second kappa shape index (κ2) is 3.17. The van der Waals surface area contributed by atoms with E-state index in [-0.39, 0.29) is 5.54 Å². The van der Waals surface area contributed by atoms with Crippen LogP contribution in [-0.2, 0) is 0 Å². The molecule has 13 heavy (non-hydrogen) atoms. The topological polar surface area (TPSA) is 26.0 Å². The molecule has 68 valence electrons. The second-order valence-corrected chi connectivity index (χ2v) is 4.06. The van der Waals surface area contributed by atoms with Gasteiger partial charge in [-0.05, 0) is 30.5 Å². The summed E-state index contributed by atoms with van der Waals surface area (Å²) >= 11 is 5.85. The Balaban J connectivity index is 2.13. The molecule has 0 aliphatic heterocycles. The van der Waals surface area contributed by atoms with E-state index in [1.807, 2.05) is 30.3 Å². The van der Waals surface area contributed by atoms with E-state index in [1.54, 1.807) is 0 Å². The van der Waals surface area contributed by atoms with Gasteiger partial charge in [-0.3, -0.25) is 0 Å².